The lowest BCUT2D eigenvalue weighted by atomic mass is 9.83. The van der Waals surface area contributed by atoms with Crippen LogP contribution in [-0.2, 0) is 0 Å². The van der Waals surface area contributed by atoms with Crippen LogP contribution in [0.5, 0.6) is 5.75 Å². The number of carbonyl (C=O) groups is 2. The van der Waals surface area contributed by atoms with Gasteiger partial charge in [-0.05, 0) is 0 Å². The van der Waals surface area contributed by atoms with E-state index < -0.39 is 74.7 Å². The minimum atomic E-state index is -1.92. The number of carbonyl (C=O) groups excluding carboxylic acids is 2. The fraction of sp³-hybridized carbons (Fsp3) is 0.0476. The minimum Gasteiger partial charge on any atom is -0.491 e. The first kappa shape index (κ1) is 20.5. The van der Waals surface area contributed by atoms with Crippen molar-refractivity contribution >= 4 is 22.9 Å². The van der Waals surface area contributed by atoms with Gasteiger partial charge < -0.3 is 10.1 Å². The van der Waals surface area contributed by atoms with Crippen molar-refractivity contribution in [1.29, 1.82) is 0 Å². The molecule has 0 saturated heterocycles. The lowest BCUT2D eigenvalue weighted by Gasteiger charge is -2.23. The van der Waals surface area contributed by atoms with Crippen LogP contribution in [-0.4, -0.2) is 18.7 Å². The van der Waals surface area contributed by atoms with Gasteiger partial charge in [0.1, 0.15) is 11.4 Å². The quantitative estimate of drug-likeness (QED) is 0.360. The van der Waals surface area contributed by atoms with Crippen molar-refractivity contribution in [2.45, 2.75) is 0 Å². The number of ketones is 2. The van der Waals surface area contributed by atoms with Crippen LogP contribution in [0.15, 0.2) is 30.3 Å². The van der Waals surface area contributed by atoms with Gasteiger partial charge in [-0.15, -0.1) is 0 Å². The third-order valence-electron chi connectivity index (χ3n) is 4.77. The smallest absolute Gasteiger partial charge is 0.197 e. The molecule has 4 nitrogen and oxygen atoms in total. The molecule has 0 heterocycles. The van der Waals surface area contributed by atoms with Crippen LogP contribution in [0.3, 0.4) is 0 Å². The summed E-state index contributed by atoms with van der Waals surface area (Å²) in [5, 5.41) is 1.73. The number of benzene rings is 3. The zero-order valence-electron chi connectivity index (χ0n) is 15.4. The standard InChI is InChI=1S/C21H9F6NO3/c1-31-21-16(27)12-11(19(29)7-4-2-3-5-8(7)20(12)30)15(26)18(21)28-17-13(24)9(22)6-10(23)14(17)25/h2-6,28H,1H3. The molecule has 0 aromatic heterocycles. The van der Waals surface area contributed by atoms with Gasteiger partial charge in [-0.1, -0.05) is 24.3 Å². The van der Waals surface area contributed by atoms with Crippen LogP contribution in [0.2, 0.25) is 0 Å². The fourth-order valence-corrected chi connectivity index (χ4v) is 3.35. The third-order valence-corrected chi connectivity index (χ3v) is 4.77. The molecule has 31 heavy (non-hydrogen) atoms. The molecule has 10 heteroatoms. The predicted octanol–water partition coefficient (Wildman–Crippen LogP) is 5.05. The van der Waals surface area contributed by atoms with E-state index >= 15 is 8.78 Å². The molecule has 1 aliphatic rings. The number of halogens is 6. The topological polar surface area (TPSA) is 55.4 Å². The monoisotopic (exact) mass is 437 g/mol. The van der Waals surface area contributed by atoms with Gasteiger partial charge in [-0.25, -0.2) is 26.3 Å². The van der Waals surface area contributed by atoms with Crippen LogP contribution in [0.1, 0.15) is 31.8 Å². The van der Waals surface area contributed by atoms with Gasteiger partial charge in [0, 0.05) is 17.2 Å². The highest BCUT2D eigenvalue weighted by Crippen LogP contribution is 2.42. The highest BCUT2D eigenvalue weighted by Gasteiger charge is 2.39. The molecule has 4 rings (SSSR count). The molecule has 1 N–H and O–H groups in total. The molecule has 0 amide bonds. The van der Waals surface area contributed by atoms with E-state index in [0.29, 0.717) is 0 Å². The predicted molar refractivity (Wildman–Crippen MR) is 95.8 cm³/mol. The number of anilines is 2. The second-order valence-corrected chi connectivity index (χ2v) is 6.46. The Balaban J connectivity index is 2.01. The Bertz CT molecular complexity index is 1280. The van der Waals surface area contributed by atoms with Crippen molar-refractivity contribution < 1.29 is 40.7 Å². The minimum absolute atomic E-state index is 0.0734. The summed E-state index contributed by atoms with van der Waals surface area (Å²) >= 11 is 0. The molecule has 0 unspecified atom stereocenters. The summed E-state index contributed by atoms with van der Waals surface area (Å²) in [6, 6.07) is 5.20. The number of nitrogens with one attached hydrogen (secondary N) is 1. The molecule has 0 bridgehead atoms. The second kappa shape index (κ2) is 7.15. The van der Waals surface area contributed by atoms with Crippen molar-refractivity contribution in [1.82, 2.24) is 0 Å². The Morgan fingerprint density at radius 1 is 0.710 bits per heavy atom. The van der Waals surface area contributed by atoms with Crippen LogP contribution in [0.4, 0.5) is 37.7 Å². The number of ether oxygens (including phenoxy) is 1. The van der Waals surface area contributed by atoms with E-state index in [2.05, 4.69) is 0 Å². The molecule has 0 saturated carbocycles. The van der Waals surface area contributed by atoms with E-state index in [-0.39, 0.29) is 17.2 Å². The van der Waals surface area contributed by atoms with Gasteiger partial charge >= 0.3 is 0 Å². The largest absolute Gasteiger partial charge is 0.491 e. The molecule has 0 fully saturated rings. The molecule has 0 aliphatic heterocycles. The second-order valence-electron chi connectivity index (χ2n) is 6.46. The molecule has 158 valence electrons. The van der Waals surface area contributed by atoms with Gasteiger partial charge in [-0.2, -0.15) is 0 Å². The lowest BCUT2D eigenvalue weighted by Crippen LogP contribution is -2.25. The van der Waals surface area contributed by atoms with Crippen molar-refractivity contribution in [3.63, 3.8) is 0 Å². The van der Waals surface area contributed by atoms with E-state index in [9.17, 15) is 27.2 Å². The molecular weight excluding hydrogens is 428 g/mol. The Morgan fingerprint density at radius 3 is 1.68 bits per heavy atom. The molecule has 0 radical (unpaired) electrons. The molecule has 3 aromatic carbocycles. The van der Waals surface area contributed by atoms with E-state index in [1.165, 1.54) is 24.3 Å². The number of fused-ring (bicyclic) bond motifs is 2. The number of rotatable bonds is 3. The fourth-order valence-electron chi connectivity index (χ4n) is 3.35. The molecule has 1 aliphatic carbocycles. The number of hydrogen-bond donors (Lipinski definition) is 1. The zero-order chi connectivity index (χ0) is 22.6. The summed E-state index contributed by atoms with van der Waals surface area (Å²) < 4.78 is 90.3. The average Bonchev–Trinajstić information content (AvgIpc) is 2.75. The summed E-state index contributed by atoms with van der Waals surface area (Å²) in [5.74, 6) is -13.7. The van der Waals surface area contributed by atoms with Crippen molar-refractivity contribution in [2.75, 3.05) is 12.4 Å². The summed E-state index contributed by atoms with van der Waals surface area (Å²) in [6.45, 7) is 0. The highest BCUT2D eigenvalue weighted by molar-refractivity contribution is 6.29. The van der Waals surface area contributed by atoms with Gasteiger partial charge in [0.15, 0.2) is 52.2 Å². The highest BCUT2D eigenvalue weighted by atomic mass is 19.2. The van der Waals surface area contributed by atoms with Gasteiger partial charge in [0.2, 0.25) is 0 Å². The summed E-state index contributed by atoms with van der Waals surface area (Å²) in [6.07, 6.45) is 0. The Labute approximate surface area is 170 Å². The van der Waals surface area contributed by atoms with Crippen molar-refractivity contribution in [2.24, 2.45) is 0 Å². The summed E-state index contributed by atoms with van der Waals surface area (Å²) in [4.78, 5) is 25.5. The van der Waals surface area contributed by atoms with E-state index in [1.807, 2.05) is 0 Å². The lowest BCUT2D eigenvalue weighted by molar-refractivity contribution is 0.0971. The summed E-state index contributed by atoms with van der Waals surface area (Å²) in [7, 11) is 0.859. The SMILES string of the molecule is COc1c(F)c2c(c(F)c1Nc1c(F)c(F)cc(F)c1F)C(=O)c1ccccc1C2=O. The van der Waals surface area contributed by atoms with Gasteiger partial charge in [-0.3, -0.25) is 9.59 Å². The molecule has 0 atom stereocenters. The Hall–Kier alpha value is -3.82. The molecule has 0 spiro atoms. The van der Waals surface area contributed by atoms with Crippen molar-refractivity contribution in [3.05, 3.63) is 87.5 Å². The van der Waals surface area contributed by atoms with Crippen LogP contribution in [0.25, 0.3) is 0 Å². The van der Waals surface area contributed by atoms with E-state index in [0.717, 1.165) is 7.11 Å². The molecular formula is C21H9F6NO3. The first-order valence-corrected chi connectivity index (χ1v) is 8.56. The maximum atomic E-state index is 15.3. The van der Waals surface area contributed by atoms with Gasteiger partial charge in [0.05, 0.1) is 18.2 Å². The van der Waals surface area contributed by atoms with E-state index in [4.69, 9.17) is 4.74 Å². The van der Waals surface area contributed by atoms with Crippen molar-refractivity contribution in [3.8, 4) is 5.75 Å². The first-order chi connectivity index (χ1) is 14.7. The molecule has 3 aromatic rings. The maximum Gasteiger partial charge on any atom is 0.197 e. The third kappa shape index (κ3) is 2.86. The average molecular weight is 437 g/mol. The van der Waals surface area contributed by atoms with Crippen LogP contribution >= 0.6 is 0 Å². The zero-order valence-corrected chi connectivity index (χ0v) is 15.4. The first-order valence-electron chi connectivity index (χ1n) is 8.56. The maximum absolute atomic E-state index is 15.3. The van der Waals surface area contributed by atoms with Gasteiger partial charge in [0.25, 0.3) is 0 Å². The van der Waals surface area contributed by atoms with E-state index in [1.54, 1.807) is 5.32 Å². The normalized spacial score (nSPS) is 12.5. The number of methoxy groups -OCH3 is 1. The summed E-state index contributed by atoms with van der Waals surface area (Å²) in [5.41, 5.74) is -4.95. The van der Waals surface area contributed by atoms with Crippen LogP contribution in [0, 0.1) is 34.9 Å². The van der Waals surface area contributed by atoms with Crippen LogP contribution < -0.4 is 10.1 Å². The Kier molecular flexibility index (Phi) is 4.72. The Morgan fingerprint density at radius 2 is 1.19 bits per heavy atom. The number of hydrogen-bond acceptors (Lipinski definition) is 4.